The fraction of sp³-hybridized carbons (Fsp3) is 0.381. The van der Waals surface area contributed by atoms with Gasteiger partial charge in [0.25, 0.3) is 5.91 Å². The van der Waals surface area contributed by atoms with Crippen molar-refractivity contribution >= 4 is 11.7 Å². The minimum absolute atomic E-state index is 0.0179. The lowest BCUT2D eigenvalue weighted by atomic mass is 10.0. The number of pyridine rings is 1. The number of hydrogen-bond acceptors (Lipinski definition) is 4. The second kappa shape index (κ2) is 9.07. The molecule has 0 fully saturated rings. The van der Waals surface area contributed by atoms with Crippen molar-refractivity contribution in [3.8, 4) is 5.75 Å². The predicted octanol–water partition coefficient (Wildman–Crippen LogP) is 4.55. The molecule has 1 heterocycles. The topological polar surface area (TPSA) is 68.3 Å². The van der Waals surface area contributed by atoms with Gasteiger partial charge in [0.2, 0.25) is 0 Å². The number of carbonyl (C=O) groups is 2. The van der Waals surface area contributed by atoms with Crippen LogP contribution < -0.4 is 10.1 Å². The Balaban J connectivity index is 2.14. The average Bonchev–Trinajstić information content (AvgIpc) is 2.59. The summed E-state index contributed by atoms with van der Waals surface area (Å²) in [5.74, 6) is -0.890. The van der Waals surface area contributed by atoms with Gasteiger partial charge in [-0.15, -0.1) is 13.2 Å². The lowest BCUT2D eigenvalue weighted by molar-refractivity contribution is -0.274. The van der Waals surface area contributed by atoms with Crippen LogP contribution in [0.2, 0.25) is 0 Å². The van der Waals surface area contributed by atoms with Crippen molar-refractivity contribution in [1.82, 2.24) is 10.3 Å². The lowest BCUT2D eigenvalue weighted by Gasteiger charge is -2.17. The lowest BCUT2D eigenvalue weighted by Crippen LogP contribution is -2.27. The number of amides is 1. The fourth-order valence-corrected chi connectivity index (χ4v) is 2.69. The molecule has 1 unspecified atom stereocenters. The minimum atomic E-state index is -4.79. The highest BCUT2D eigenvalue weighted by molar-refractivity contribution is 5.95. The first-order valence-corrected chi connectivity index (χ1v) is 9.11. The molecule has 1 aromatic carbocycles. The highest BCUT2D eigenvalue weighted by Crippen LogP contribution is 2.25. The van der Waals surface area contributed by atoms with Gasteiger partial charge in [-0.25, -0.2) is 0 Å². The summed E-state index contributed by atoms with van der Waals surface area (Å²) in [5.41, 5.74) is 1.89. The monoisotopic (exact) mass is 408 g/mol. The van der Waals surface area contributed by atoms with E-state index < -0.39 is 18.3 Å². The molecule has 1 atom stereocenters. The maximum absolute atomic E-state index is 12.6. The number of nitrogens with one attached hydrogen (secondary N) is 1. The highest BCUT2D eigenvalue weighted by atomic mass is 19.4. The quantitative estimate of drug-likeness (QED) is 0.730. The van der Waals surface area contributed by atoms with Gasteiger partial charge in [0.05, 0.1) is 6.04 Å². The Kier molecular flexibility index (Phi) is 7.00. The molecule has 8 heteroatoms. The van der Waals surface area contributed by atoms with Gasteiger partial charge in [-0.2, -0.15) is 0 Å². The Bertz CT molecular complexity index is 895. The van der Waals surface area contributed by atoms with E-state index in [2.05, 4.69) is 15.0 Å². The van der Waals surface area contributed by atoms with Crippen LogP contribution in [0.15, 0.2) is 36.4 Å². The van der Waals surface area contributed by atoms with Gasteiger partial charge in [-0.3, -0.25) is 14.6 Å². The molecule has 2 rings (SSSR count). The van der Waals surface area contributed by atoms with Crippen molar-refractivity contribution in [1.29, 1.82) is 0 Å². The van der Waals surface area contributed by atoms with Gasteiger partial charge in [0.1, 0.15) is 11.5 Å². The normalized spacial score (nSPS) is 12.6. The molecule has 156 valence electrons. The van der Waals surface area contributed by atoms with E-state index >= 15 is 0 Å². The summed E-state index contributed by atoms with van der Waals surface area (Å²) >= 11 is 0. The largest absolute Gasteiger partial charge is 0.573 e. The molecule has 1 aromatic heterocycles. The molecule has 1 N–H and O–H groups in total. The van der Waals surface area contributed by atoms with Gasteiger partial charge in [0.15, 0.2) is 0 Å². The van der Waals surface area contributed by atoms with Crippen LogP contribution in [0.4, 0.5) is 13.2 Å². The van der Waals surface area contributed by atoms with Crippen molar-refractivity contribution in [2.45, 2.75) is 46.5 Å². The van der Waals surface area contributed by atoms with E-state index in [0.717, 1.165) is 0 Å². The van der Waals surface area contributed by atoms with Crippen molar-refractivity contribution in [2.24, 2.45) is 5.92 Å². The molecule has 0 saturated carbocycles. The minimum Gasteiger partial charge on any atom is -0.406 e. The van der Waals surface area contributed by atoms with E-state index in [0.29, 0.717) is 22.5 Å². The van der Waals surface area contributed by atoms with Crippen molar-refractivity contribution < 1.29 is 27.5 Å². The third-order valence-corrected chi connectivity index (χ3v) is 4.21. The molecular weight excluding hydrogens is 385 g/mol. The summed E-state index contributed by atoms with van der Waals surface area (Å²) in [4.78, 5) is 28.9. The SMILES string of the molecule is Cc1cc(C(=O)NC(C)c2cccc(OC(F)(F)F)c2)cc(CC(=O)C(C)C)n1. The molecular formula is C21H23F3N2O3. The van der Waals surface area contributed by atoms with Crippen LogP contribution in [0.5, 0.6) is 5.75 Å². The number of Topliss-reactive ketones (excluding diaryl/α,β-unsaturated/α-hetero) is 1. The molecule has 0 radical (unpaired) electrons. The smallest absolute Gasteiger partial charge is 0.406 e. The summed E-state index contributed by atoms with van der Waals surface area (Å²) in [5, 5.41) is 2.74. The van der Waals surface area contributed by atoms with Crippen LogP contribution in [0.1, 0.15) is 54.1 Å². The second-order valence-corrected chi connectivity index (χ2v) is 7.10. The number of nitrogens with zero attached hydrogens (tertiary/aromatic N) is 1. The number of hydrogen-bond donors (Lipinski definition) is 1. The summed E-state index contributed by atoms with van der Waals surface area (Å²) in [6, 6.07) is 8.02. The van der Waals surface area contributed by atoms with Gasteiger partial charge in [-0.1, -0.05) is 26.0 Å². The Morgan fingerprint density at radius 2 is 1.83 bits per heavy atom. The van der Waals surface area contributed by atoms with E-state index in [4.69, 9.17) is 0 Å². The number of rotatable bonds is 7. The van der Waals surface area contributed by atoms with Crippen LogP contribution in [0.25, 0.3) is 0 Å². The Labute approximate surface area is 167 Å². The Hall–Kier alpha value is -2.90. The first kappa shape index (κ1) is 22.4. The van der Waals surface area contributed by atoms with Crippen LogP contribution in [-0.4, -0.2) is 23.0 Å². The number of benzene rings is 1. The average molecular weight is 408 g/mol. The van der Waals surface area contributed by atoms with Crippen LogP contribution in [0, 0.1) is 12.8 Å². The molecule has 29 heavy (non-hydrogen) atoms. The number of halogens is 3. The van der Waals surface area contributed by atoms with Crippen LogP contribution in [0.3, 0.4) is 0 Å². The Morgan fingerprint density at radius 1 is 1.14 bits per heavy atom. The van der Waals surface area contributed by atoms with Crippen molar-refractivity contribution in [3.05, 3.63) is 58.9 Å². The number of carbonyl (C=O) groups excluding carboxylic acids is 2. The molecule has 0 aliphatic heterocycles. The number of ketones is 1. The first-order chi connectivity index (χ1) is 13.4. The zero-order chi connectivity index (χ0) is 21.8. The molecule has 0 saturated heterocycles. The van der Waals surface area contributed by atoms with E-state index in [1.54, 1.807) is 45.9 Å². The molecule has 0 aliphatic rings. The van der Waals surface area contributed by atoms with Crippen LogP contribution >= 0.6 is 0 Å². The van der Waals surface area contributed by atoms with Crippen molar-refractivity contribution in [2.75, 3.05) is 0 Å². The molecule has 2 aromatic rings. The van der Waals surface area contributed by atoms with Crippen LogP contribution in [-0.2, 0) is 11.2 Å². The third kappa shape index (κ3) is 6.89. The zero-order valence-corrected chi connectivity index (χ0v) is 16.6. The van der Waals surface area contributed by atoms with E-state index in [9.17, 15) is 22.8 Å². The fourth-order valence-electron chi connectivity index (χ4n) is 2.69. The number of aromatic nitrogens is 1. The third-order valence-electron chi connectivity index (χ3n) is 4.21. The summed E-state index contributed by atoms with van der Waals surface area (Å²) in [7, 11) is 0. The number of ether oxygens (including phenoxy) is 1. The zero-order valence-electron chi connectivity index (χ0n) is 16.6. The highest BCUT2D eigenvalue weighted by Gasteiger charge is 2.31. The van der Waals surface area contributed by atoms with E-state index in [1.807, 2.05) is 0 Å². The molecule has 0 aliphatic carbocycles. The van der Waals surface area contributed by atoms with Gasteiger partial charge in [-0.05, 0) is 43.7 Å². The summed E-state index contributed by atoms with van der Waals surface area (Å²) in [6.07, 6.45) is -4.66. The van der Waals surface area contributed by atoms with Gasteiger partial charge < -0.3 is 10.1 Å². The van der Waals surface area contributed by atoms with E-state index in [-0.39, 0.29) is 23.9 Å². The molecule has 5 nitrogen and oxygen atoms in total. The second-order valence-electron chi connectivity index (χ2n) is 7.10. The molecule has 0 bridgehead atoms. The number of alkyl halides is 3. The standard InChI is InChI=1S/C21H23F3N2O3/c1-12(2)19(27)11-17-9-16(8-13(3)25-17)20(28)26-14(4)15-6-5-7-18(10-15)29-21(22,23)24/h5-10,12,14H,11H2,1-4H3,(H,26,28). The van der Waals surface area contributed by atoms with E-state index in [1.165, 1.54) is 18.2 Å². The van der Waals surface area contributed by atoms with Gasteiger partial charge >= 0.3 is 6.36 Å². The first-order valence-electron chi connectivity index (χ1n) is 9.11. The molecule has 0 spiro atoms. The summed E-state index contributed by atoms with van der Waals surface area (Å²) in [6.45, 7) is 6.97. The summed E-state index contributed by atoms with van der Waals surface area (Å²) < 4.78 is 41.1. The predicted molar refractivity (Wildman–Crippen MR) is 102 cm³/mol. The van der Waals surface area contributed by atoms with Gasteiger partial charge in [0, 0.05) is 29.3 Å². The maximum atomic E-state index is 12.6. The van der Waals surface area contributed by atoms with Crippen molar-refractivity contribution in [3.63, 3.8) is 0 Å². The Morgan fingerprint density at radius 3 is 2.45 bits per heavy atom. The number of aryl methyl sites for hydroxylation is 1. The molecule has 1 amide bonds. The maximum Gasteiger partial charge on any atom is 0.573 e.